The van der Waals surface area contributed by atoms with Gasteiger partial charge in [-0.1, -0.05) is 18.8 Å². The minimum absolute atomic E-state index is 0.0949. The maximum Gasteiger partial charge on any atom is 0.434 e. The van der Waals surface area contributed by atoms with E-state index >= 15 is 0 Å². The highest BCUT2D eigenvalue weighted by Crippen LogP contribution is 2.05. The lowest BCUT2D eigenvalue weighted by atomic mass is 10.7. The summed E-state index contributed by atoms with van der Waals surface area (Å²) in [6.07, 6.45) is 3.00. The van der Waals surface area contributed by atoms with Gasteiger partial charge < -0.3 is 10.1 Å². The van der Waals surface area contributed by atoms with E-state index in [0.29, 0.717) is 6.54 Å². The van der Waals surface area contributed by atoms with E-state index in [2.05, 4.69) is 4.98 Å². The molecular formula is C7H13N3O2. The van der Waals surface area contributed by atoms with E-state index in [-0.39, 0.29) is 5.95 Å². The van der Waals surface area contributed by atoms with Crippen molar-refractivity contribution in [3.8, 4) is 0 Å². The summed E-state index contributed by atoms with van der Waals surface area (Å²) in [5.74, 6) is -0.0949. The van der Waals surface area contributed by atoms with Crippen LogP contribution < -0.4 is 0 Å². The van der Waals surface area contributed by atoms with Crippen LogP contribution in [-0.2, 0) is 6.54 Å². The summed E-state index contributed by atoms with van der Waals surface area (Å²) < 4.78 is 1.47. The highest BCUT2D eigenvalue weighted by atomic mass is 16.6. The molecule has 12 heavy (non-hydrogen) atoms. The van der Waals surface area contributed by atoms with Crippen molar-refractivity contribution in [3.05, 3.63) is 22.5 Å². The van der Waals surface area contributed by atoms with Crippen molar-refractivity contribution >= 4 is 5.95 Å². The van der Waals surface area contributed by atoms with Gasteiger partial charge in [0.15, 0.2) is 0 Å². The first-order valence-corrected chi connectivity index (χ1v) is 3.91. The molecule has 0 saturated carbocycles. The molecule has 0 unspecified atom stereocenters. The lowest BCUT2D eigenvalue weighted by Crippen LogP contribution is -2.00. The lowest BCUT2D eigenvalue weighted by molar-refractivity contribution is -0.396. The average Bonchev–Trinajstić information content (AvgIpc) is 2.55. The summed E-state index contributed by atoms with van der Waals surface area (Å²) in [6.45, 7) is 6.41. The number of hydrogen-bond donors (Lipinski definition) is 0. The van der Waals surface area contributed by atoms with Gasteiger partial charge >= 0.3 is 5.95 Å². The third kappa shape index (κ3) is 2.34. The average molecular weight is 171 g/mol. The predicted octanol–water partition coefficient (Wildman–Crippen LogP) is 1.84. The number of aryl methyl sites for hydroxylation is 1. The molecule has 0 aromatic carbocycles. The van der Waals surface area contributed by atoms with Crippen LogP contribution in [0.5, 0.6) is 0 Å². The van der Waals surface area contributed by atoms with Gasteiger partial charge in [0.25, 0.3) is 0 Å². The highest BCUT2D eigenvalue weighted by molar-refractivity contribution is 5.05. The van der Waals surface area contributed by atoms with Gasteiger partial charge in [0.05, 0.1) is 6.54 Å². The van der Waals surface area contributed by atoms with E-state index < -0.39 is 4.92 Å². The summed E-state index contributed by atoms with van der Waals surface area (Å²) in [7, 11) is 0. The minimum atomic E-state index is -0.497. The molecule has 5 heteroatoms. The van der Waals surface area contributed by atoms with Gasteiger partial charge in [-0.2, -0.15) is 0 Å². The van der Waals surface area contributed by atoms with Crippen molar-refractivity contribution in [1.29, 1.82) is 0 Å². The van der Waals surface area contributed by atoms with Crippen molar-refractivity contribution in [2.45, 2.75) is 27.3 Å². The Morgan fingerprint density at radius 2 is 2.25 bits per heavy atom. The molecular weight excluding hydrogens is 158 g/mol. The number of imidazole rings is 1. The standard InChI is InChI=1S/C5H7N3O2.C2H6/c1-2-7-4-3-6-5(7)8(9)10;1-2/h3-4H,2H2,1H3;1-2H3. The Labute approximate surface area is 71.2 Å². The van der Waals surface area contributed by atoms with Crippen molar-refractivity contribution in [2.75, 3.05) is 0 Å². The molecule has 0 spiro atoms. The van der Waals surface area contributed by atoms with Gasteiger partial charge in [-0.05, 0) is 11.8 Å². The molecule has 0 atom stereocenters. The zero-order valence-electron chi connectivity index (χ0n) is 7.52. The quantitative estimate of drug-likeness (QED) is 0.503. The molecule has 0 aliphatic rings. The second kappa shape index (κ2) is 5.29. The molecule has 0 bridgehead atoms. The highest BCUT2D eigenvalue weighted by Gasteiger charge is 2.10. The van der Waals surface area contributed by atoms with Crippen molar-refractivity contribution in [1.82, 2.24) is 9.55 Å². The van der Waals surface area contributed by atoms with Crippen LogP contribution in [0, 0.1) is 10.1 Å². The van der Waals surface area contributed by atoms with Crippen molar-refractivity contribution < 1.29 is 4.92 Å². The number of nitrogens with zero attached hydrogens (tertiary/aromatic N) is 3. The van der Waals surface area contributed by atoms with Gasteiger partial charge in [0.1, 0.15) is 12.4 Å². The summed E-state index contributed by atoms with van der Waals surface area (Å²) in [4.78, 5) is 13.2. The maximum atomic E-state index is 10.2. The Balaban J connectivity index is 0.000000561. The van der Waals surface area contributed by atoms with Gasteiger partial charge in [0, 0.05) is 0 Å². The Morgan fingerprint density at radius 1 is 1.67 bits per heavy atom. The summed E-state index contributed by atoms with van der Waals surface area (Å²) in [5.41, 5.74) is 0. The predicted molar refractivity (Wildman–Crippen MR) is 45.9 cm³/mol. The van der Waals surface area contributed by atoms with Gasteiger partial charge in [-0.3, -0.25) is 0 Å². The zero-order chi connectivity index (χ0) is 9.56. The first-order chi connectivity index (χ1) is 5.75. The number of nitro groups is 1. The molecule has 0 aliphatic heterocycles. The molecule has 68 valence electrons. The molecule has 1 aromatic rings. The fourth-order valence-corrected chi connectivity index (χ4v) is 0.720. The third-order valence-corrected chi connectivity index (χ3v) is 1.20. The van der Waals surface area contributed by atoms with Crippen LogP contribution in [0.15, 0.2) is 12.4 Å². The van der Waals surface area contributed by atoms with E-state index in [1.54, 1.807) is 6.20 Å². The zero-order valence-corrected chi connectivity index (χ0v) is 7.52. The van der Waals surface area contributed by atoms with E-state index in [1.807, 2.05) is 20.8 Å². The van der Waals surface area contributed by atoms with Crippen LogP contribution in [0.3, 0.4) is 0 Å². The molecule has 0 radical (unpaired) electrons. The largest absolute Gasteiger partial charge is 0.434 e. The first kappa shape index (κ1) is 10.6. The second-order valence-electron chi connectivity index (χ2n) is 1.77. The van der Waals surface area contributed by atoms with Crippen LogP contribution in [0.1, 0.15) is 20.8 Å². The molecule has 0 aliphatic carbocycles. The Morgan fingerprint density at radius 3 is 2.58 bits per heavy atom. The molecule has 0 N–H and O–H groups in total. The Bertz CT molecular complexity index is 245. The minimum Gasteiger partial charge on any atom is -0.390 e. The monoisotopic (exact) mass is 171 g/mol. The molecule has 1 rings (SSSR count). The van der Waals surface area contributed by atoms with Crippen molar-refractivity contribution in [3.63, 3.8) is 0 Å². The molecule has 1 aromatic heterocycles. The molecule has 5 nitrogen and oxygen atoms in total. The molecule has 1 heterocycles. The number of hydrogen-bond acceptors (Lipinski definition) is 3. The van der Waals surface area contributed by atoms with Crippen molar-refractivity contribution in [2.24, 2.45) is 0 Å². The van der Waals surface area contributed by atoms with Gasteiger partial charge in [0.2, 0.25) is 0 Å². The van der Waals surface area contributed by atoms with E-state index in [1.165, 1.54) is 10.8 Å². The molecule has 0 saturated heterocycles. The summed E-state index contributed by atoms with van der Waals surface area (Å²) in [6, 6.07) is 0. The fraction of sp³-hybridized carbons (Fsp3) is 0.571. The van der Waals surface area contributed by atoms with Crippen LogP contribution >= 0.6 is 0 Å². The van der Waals surface area contributed by atoms with E-state index in [9.17, 15) is 10.1 Å². The van der Waals surface area contributed by atoms with Crippen LogP contribution in [0.2, 0.25) is 0 Å². The Kier molecular flexibility index (Phi) is 4.67. The fourth-order valence-electron chi connectivity index (χ4n) is 0.720. The normalized spacial score (nSPS) is 8.58. The van der Waals surface area contributed by atoms with E-state index in [4.69, 9.17) is 0 Å². The van der Waals surface area contributed by atoms with Crippen LogP contribution in [-0.4, -0.2) is 14.5 Å². The third-order valence-electron chi connectivity index (χ3n) is 1.20. The first-order valence-electron chi connectivity index (χ1n) is 3.91. The SMILES string of the molecule is CC.CCn1ccnc1[N+](=O)[O-]. The van der Waals surface area contributed by atoms with Gasteiger partial charge in [-0.15, -0.1) is 0 Å². The summed E-state index contributed by atoms with van der Waals surface area (Å²) in [5, 5.41) is 10.2. The van der Waals surface area contributed by atoms with Crippen LogP contribution in [0.4, 0.5) is 5.95 Å². The lowest BCUT2D eigenvalue weighted by Gasteiger charge is -1.94. The number of aromatic nitrogens is 2. The topological polar surface area (TPSA) is 61.0 Å². The summed E-state index contributed by atoms with van der Waals surface area (Å²) >= 11 is 0. The second-order valence-corrected chi connectivity index (χ2v) is 1.77. The molecule has 0 fully saturated rings. The van der Waals surface area contributed by atoms with E-state index in [0.717, 1.165) is 0 Å². The molecule has 0 amide bonds. The van der Waals surface area contributed by atoms with Gasteiger partial charge in [-0.25, -0.2) is 4.57 Å². The van der Waals surface area contributed by atoms with Crippen LogP contribution in [0.25, 0.3) is 0 Å². The number of rotatable bonds is 2. The Hall–Kier alpha value is -1.39. The maximum absolute atomic E-state index is 10.2. The smallest absolute Gasteiger partial charge is 0.390 e.